The van der Waals surface area contributed by atoms with Gasteiger partial charge < -0.3 is 10.5 Å². The standard InChI is InChI=1S/C7H6BrClN2O2/c1-13-7(12)3-2-4(8)6(10)11-5(3)9/h2H,1H3,(H2,10,11). The molecule has 2 N–H and O–H groups in total. The zero-order valence-electron chi connectivity index (χ0n) is 6.67. The highest BCUT2D eigenvalue weighted by Crippen LogP contribution is 2.24. The van der Waals surface area contributed by atoms with E-state index < -0.39 is 5.97 Å². The fraction of sp³-hybridized carbons (Fsp3) is 0.143. The summed E-state index contributed by atoms with van der Waals surface area (Å²) in [5, 5.41) is 0.0348. The van der Waals surface area contributed by atoms with E-state index in [9.17, 15) is 4.79 Å². The van der Waals surface area contributed by atoms with Crippen molar-refractivity contribution in [3.05, 3.63) is 21.3 Å². The SMILES string of the molecule is COC(=O)c1cc(Br)c(N)nc1Cl. The number of methoxy groups -OCH3 is 1. The van der Waals surface area contributed by atoms with Crippen LogP contribution >= 0.6 is 27.5 Å². The molecule has 4 nitrogen and oxygen atoms in total. The Kier molecular flexibility index (Phi) is 3.11. The fourth-order valence-corrected chi connectivity index (χ4v) is 1.27. The number of halogens is 2. The lowest BCUT2D eigenvalue weighted by atomic mass is 10.3. The predicted molar refractivity (Wildman–Crippen MR) is 52.7 cm³/mol. The summed E-state index contributed by atoms with van der Waals surface area (Å²) in [6, 6.07) is 1.47. The molecule has 1 heterocycles. The number of anilines is 1. The van der Waals surface area contributed by atoms with Gasteiger partial charge in [0.2, 0.25) is 0 Å². The Balaban J connectivity index is 3.23. The van der Waals surface area contributed by atoms with Crippen molar-refractivity contribution < 1.29 is 9.53 Å². The average Bonchev–Trinajstić information content (AvgIpc) is 2.10. The summed E-state index contributed by atoms with van der Waals surface area (Å²) in [5.41, 5.74) is 5.62. The molecule has 6 heteroatoms. The van der Waals surface area contributed by atoms with Crippen LogP contribution in [-0.4, -0.2) is 18.1 Å². The zero-order chi connectivity index (χ0) is 10.0. The second-order valence-electron chi connectivity index (χ2n) is 2.19. The molecule has 0 aromatic carbocycles. The topological polar surface area (TPSA) is 65.2 Å². The molecular weight excluding hydrogens is 259 g/mol. The van der Waals surface area contributed by atoms with Crippen LogP contribution in [0.1, 0.15) is 10.4 Å². The first kappa shape index (κ1) is 10.3. The lowest BCUT2D eigenvalue weighted by Gasteiger charge is -2.03. The highest BCUT2D eigenvalue weighted by molar-refractivity contribution is 9.10. The van der Waals surface area contributed by atoms with Crippen LogP contribution in [0.3, 0.4) is 0 Å². The van der Waals surface area contributed by atoms with Crippen LogP contribution in [0.15, 0.2) is 10.5 Å². The Labute approximate surface area is 88.2 Å². The summed E-state index contributed by atoms with van der Waals surface area (Å²) in [6.07, 6.45) is 0. The first-order chi connectivity index (χ1) is 6.06. The van der Waals surface area contributed by atoms with Gasteiger partial charge in [0.25, 0.3) is 0 Å². The number of nitrogens with zero attached hydrogens (tertiary/aromatic N) is 1. The molecule has 0 saturated heterocycles. The van der Waals surface area contributed by atoms with Crippen LogP contribution in [0.2, 0.25) is 5.15 Å². The Morgan fingerprint density at radius 1 is 1.77 bits per heavy atom. The van der Waals surface area contributed by atoms with Gasteiger partial charge in [-0.3, -0.25) is 0 Å². The van der Waals surface area contributed by atoms with Crippen molar-refractivity contribution >= 4 is 39.3 Å². The Hall–Kier alpha value is -0.810. The van der Waals surface area contributed by atoms with Crippen molar-refractivity contribution in [2.45, 2.75) is 0 Å². The summed E-state index contributed by atoms with van der Waals surface area (Å²) in [7, 11) is 1.27. The van der Waals surface area contributed by atoms with E-state index in [-0.39, 0.29) is 16.5 Å². The number of nitrogens with two attached hydrogens (primary N) is 1. The molecule has 0 atom stereocenters. The quantitative estimate of drug-likeness (QED) is 0.622. The summed E-state index contributed by atoms with van der Waals surface area (Å²) >= 11 is 8.79. The molecule has 0 aliphatic carbocycles. The van der Waals surface area contributed by atoms with E-state index in [1.165, 1.54) is 13.2 Å². The summed E-state index contributed by atoms with van der Waals surface area (Å²) in [6.45, 7) is 0. The Morgan fingerprint density at radius 2 is 2.38 bits per heavy atom. The minimum Gasteiger partial charge on any atom is -0.465 e. The first-order valence-electron chi connectivity index (χ1n) is 3.26. The van der Waals surface area contributed by atoms with Crippen molar-refractivity contribution in [1.29, 1.82) is 0 Å². The number of carbonyl (C=O) groups is 1. The van der Waals surface area contributed by atoms with Gasteiger partial charge in [-0.25, -0.2) is 9.78 Å². The van der Waals surface area contributed by atoms with Crippen molar-refractivity contribution in [3.63, 3.8) is 0 Å². The second-order valence-corrected chi connectivity index (χ2v) is 3.40. The molecule has 0 amide bonds. The third-order valence-corrected chi connectivity index (χ3v) is 2.29. The Morgan fingerprint density at radius 3 is 2.92 bits per heavy atom. The van der Waals surface area contributed by atoms with Crippen molar-refractivity contribution in [2.75, 3.05) is 12.8 Å². The van der Waals surface area contributed by atoms with Crippen LogP contribution in [-0.2, 0) is 4.74 Å². The van der Waals surface area contributed by atoms with Crippen LogP contribution in [0.5, 0.6) is 0 Å². The molecule has 0 bridgehead atoms. The van der Waals surface area contributed by atoms with Gasteiger partial charge in [-0.05, 0) is 22.0 Å². The Bertz CT molecular complexity index is 357. The second kappa shape index (κ2) is 3.93. The summed E-state index contributed by atoms with van der Waals surface area (Å²) < 4.78 is 5.00. The lowest BCUT2D eigenvalue weighted by molar-refractivity contribution is 0.0600. The number of hydrogen-bond acceptors (Lipinski definition) is 4. The van der Waals surface area contributed by atoms with Gasteiger partial charge in [0.15, 0.2) is 0 Å². The minimum atomic E-state index is -0.543. The molecule has 0 fully saturated rings. The number of rotatable bonds is 1. The third-order valence-electron chi connectivity index (χ3n) is 1.36. The lowest BCUT2D eigenvalue weighted by Crippen LogP contribution is -2.05. The van der Waals surface area contributed by atoms with Gasteiger partial charge in [0.05, 0.1) is 17.1 Å². The van der Waals surface area contributed by atoms with Crippen LogP contribution in [0.25, 0.3) is 0 Å². The van der Waals surface area contributed by atoms with Crippen molar-refractivity contribution in [1.82, 2.24) is 4.98 Å². The summed E-state index contributed by atoms with van der Waals surface area (Å²) in [4.78, 5) is 14.8. The number of pyridine rings is 1. The maximum Gasteiger partial charge on any atom is 0.341 e. The molecule has 1 aromatic heterocycles. The van der Waals surface area contributed by atoms with Crippen molar-refractivity contribution in [2.24, 2.45) is 0 Å². The zero-order valence-corrected chi connectivity index (χ0v) is 9.02. The number of ether oxygens (including phenoxy) is 1. The monoisotopic (exact) mass is 264 g/mol. The number of hydrogen-bond donors (Lipinski definition) is 1. The molecule has 0 saturated carbocycles. The van der Waals surface area contributed by atoms with E-state index in [1.807, 2.05) is 0 Å². The van der Waals surface area contributed by atoms with Crippen LogP contribution in [0.4, 0.5) is 5.82 Å². The van der Waals surface area contributed by atoms with Crippen LogP contribution < -0.4 is 5.73 Å². The maximum absolute atomic E-state index is 11.1. The first-order valence-corrected chi connectivity index (χ1v) is 4.43. The average molecular weight is 265 g/mol. The van der Waals surface area contributed by atoms with E-state index >= 15 is 0 Å². The third kappa shape index (κ3) is 2.10. The van der Waals surface area contributed by atoms with Gasteiger partial charge >= 0.3 is 5.97 Å². The highest BCUT2D eigenvalue weighted by Gasteiger charge is 2.13. The summed E-state index contributed by atoms with van der Waals surface area (Å²) in [5.74, 6) is -0.309. The molecule has 0 aliphatic heterocycles. The minimum absolute atomic E-state index is 0.0348. The fourth-order valence-electron chi connectivity index (χ4n) is 0.733. The van der Waals surface area contributed by atoms with Gasteiger partial charge in [-0.2, -0.15) is 0 Å². The van der Waals surface area contributed by atoms with Gasteiger partial charge in [0.1, 0.15) is 11.0 Å². The van der Waals surface area contributed by atoms with E-state index in [0.29, 0.717) is 4.47 Å². The molecule has 70 valence electrons. The van der Waals surface area contributed by atoms with Gasteiger partial charge in [-0.1, -0.05) is 11.6 Å². The molecule has 1 aromatic rings. The molecule has 0 radical (unpaired) electrons. The smallest absolute Gasteiger partial charge is 0.341 e. The van der Waals surface area contributed by atoms with E-state index in [4.69, 9.17) is 17.3 Å². The number of carbonyl (C=O) groups excluding carboxylic acids is 1. The van der Waals surface area contributed by atoms with Gasteiger partial charge in [0, 0.05) is 0 Å². The van der Waals surface area contributed by atoms with E-state index in [0.717, 1.165) is 0 Å². The highest BCUT2D eigenvalue weighted by atomic mass is 79.9. The molecule has 1 rings (SSSR count). The van der Waals surface area contributed by atoms with E-state index in [1.54, 1.807) is 0 Å². The predicted octanol–water partition coefficient (Wildman–Crippen LogP) is 1.87. The van der Waals surface area contributed by atoms with Crippen molar-refractivity contribution in [3.8, 4) is 0 Å². The van der Waals surface area contributed by atoms with Crippen LogP contribution in [0, 0.1) is 0 Å². The van der Waals surface area contributed by atoms with Gasteiger partial charge in [-0.15, -0.1) is 0 Å². The molecule has 0 aliphatic rings. The molecule has 13 heavy (non-hydrogen) atoms. The number of aromatic nitrogens is 1. The number of nitrogen functional groups attached to an aromatic ring is 1. The molecule has 0 spiro atoms. The largest absolute Gasteiger partial charge is 0.465 e. The number of esters is 1. The molecule has 0 unspecified atom stereocenters. The van der Waals surface area contributed by atoms with E-state index in [2.05, 4.69) is 25.7 Å². The molecular formula is C7H6BrClN2O2. The normalized spacial score (nSPS) is 9.77. The maximum atomic E-state index is 11.1.